The number of hydrazone groups is 1. The summed E-state index contributed by atoms with van der Waals surface area (Å²) >= 11 is 6.03. The Balaban J connectivity index is 1.65. The molecule has 0 aliphatic rings. The van der Waals surface area contributed by atoms with Crippen LogP contribution >= 0.6 is 11.6 Å². The highest BCUT2D eigenvalue weighted by atomic mass is 35.5. The van der Waals surface area contributed by atoms with Gasteiger partial charge < -0.3 is 14.2 Å². The van der Waals surface area contributed by atoms with E-state index in [0.29, 0.717) is 29.7 Å². The summed E-state index contributed by atoms with van der Waals surface area (Å²) in [6.45, 7) is 2.75. The summed E-state index contributed by atoms with van der Waals surface area (Å²) in [7, 11) is 1.48. The van der Waals surface area contributed by atoms with E-state index in [-0.39, 0.29) is 5.91 Å². The van der Waals surface area contributed by atoms with E-state index in [1.807, 2.05) is 67.6 Å². The maximum Gasteiger partial charge on any atom is 0.273 e. The minimum absolute atomic E-state index is 0.360. The lowest BCUT2D eigenvalue weighted by molar-refractivity contribution is -0.131. The van der Waals surface area contributed by atoms with Crippen LogP contribution in [0.1, 0.15) is 29.7 Å². The summed E-state index contributed by atoms with van der Waals surface area (Å²) in [5.41, 5.74) is 4.98. The van der Waals surface area contributed by atoms with Crippen molar-refractivity contribution in [1.29, 1.82) is 0 Å². The van der Waals surface area contributed by atoms with Crippen LogP contribution in [0, 0.1) is 0 Å². The number of benzene rings is 3. The van der Waals surface area contributed by atoms with Gasteiger partial charge in [-0.25, -0.2) is 5.43 Å². The van der Waals surface area contributed by atoms with Gasteiger partial charge in [0.05, 0.1) is 12.8 Å². The molecule has 0 aliphatic heterocycles. The lowest BCUT2D eigenvalue weighted by Crippen LogP contribution is -2.26. The van der Waals surface area contributed by atoms with E-state index in [4.69, 9.17) is 25.8 Å². The van der Waals surface area contributed by atoms with Crippen LogP contribution in [0.25, 0.3) is 0 Å². The van der Waals surface area contributed by atoms with Gasteiger partial charge in [0, 0.05) is 12.1 Å². The summed E-state index contributed by atoms with van der Waals surface area (Å²) in [6.07, 6.45) is 0.799. The van der Waals surface area contributed by atoms with Crippen LogP contribution in [0.4, 0.5) is 0 Å². The van der Waals surface area contributed by atoms with Crippen LogP contribution in [0.3, 0.4) is 0 Å². The number of hydrogen-bond donors (Lipinski definition) is 1. The Labute approximate surface area is 192 Å². The Hall–Kier alpha value is -3.35. The third-order valence-corrected chi connectivity index (χ3v) is 4.75. The predicted octanol–water partition coefficient (Wildman–Crippen LogP) is 5.16. The van der Waals surface area contributed by atoms with E-state index >= 15 is 0 Å². The van der Waals surface area contributed by atoms with Crippen molar-refractivity contribution < 1.29 is 19.0 Å². The van der Waals surface area contributed by atoms with E-state index in [9.17, 15) is 4.79 Å². The molecule has 1 amide bonds. The second-order valence-corrected chi connectivity index (χ2v) is 7.25. The minimum atomic E-state index is -0.741. The van der Waals surface area contributed by atoms with E-state index in [1.54, 1.807) is 18.3 Å². The molecule has 6 nitrogen and oxygen atoms in total. The number of carbonyl (C=O) groups excluding carboxylic acids is 1. The smallest absolute Gasteiger partial charge is 0.273 e. The third-order valence-electron chi connectivity index (χ3n) is 4.52. The first-order valence-electron chi connectivity index (χ1n) is 10.2. The molecule has 0 saturated carbocycles. The molecule has 0 bridgehead atoms. The van der Waals surface area contributed by atoms with Crippen LogP contribution in [0.2, 0.25) is 5.02 Å². The Kier molecular flexibility index (Phi) is 8.66. The Morgan fingerprint density at radius 2 is 1.84 bits per heavy atom. The second-order valence-electron chi connectivity index (χ2n) is 6.82. The summed E-state index contributed by atoms with van der Waals surface area (Å²) in [5.74, 6) is 0.835. The number of ether oxygens (including phenoxy) is 3. The molecule has 3 aromatic carbocycles. The first-order valence-corrected chi connectivity index (χ1v) is 10.5. The minimum Gasteiger partial charge on any atom is -0.490 e. The fourth-order valence-electron chi connectivity index (χ4n) is 3.03. The zero-order chi connectivity index (χ0) is 22.8. The highest BCUT2D eigenvalue weighted by molar-refractivity contribution is 6.30. The van der Waals surface area contributed by atoms with Crippen LogP contribution < -0.4 is 14.9 Å². The molecule has 0 radical (unpaired) electrons. The zero-order valence-corrected chi connectivity index (χ0v) is 18.7. The van der Waals surface area contributed by atoms with Gasteiger partial charge in [-0.05, 0) is 53.9 Å². The van der Waals surface area contributed by atoms with Crippen molar-refractivity contribution in [3.63, 3.8) is 0 Å². The van der Waals surface area contributed by atoms with Gasteiger partial charge in [-0.2, -0.15) is 5.10 Å². The molecule has 7 heteroatoms. The number of hydrogen-bond acceptors (Lipinski definition) is 5. The maximum absolute atomic E-state index is 12.4. The van der Waals surface area contributed by atoms with E-state index in [2.05, 4.69) is 10.5 Å². The SMILES string of the molecule is CCOc1cc(/C=N\NC(=O)[C@H](OC)c2ccccc2)ccc1OCc1cccc(Cl)c1. The highest BCUT2D eigenvalue weighted by Crippen LogP contribution is 2.29. The molecule has 0 spiro atoms. The molecule has 0 aromatic heterocycles. The number of amides is 1. The van der Waals surface area contributed by atoms with Crippen molar-refractivity contribution in [2.24, 2.45) is 5.10 Å². The fraction of sp³-hybridized carbons (Fsp3) is 0.200. The molecular formula is C25H25ClN2O4. The predicted molar refractivity (Wildman–Crippen MR) is 125 cm³/mol. The highest BCUT2D eigenvalue weighted by Gasteiger charge is 2.19. The Morgan fingerprint density at radius 3 is 2.56 bits per heavy atom. The van der Waals surface area contributed by atoms with Crippen LogP contribution in [0.5, 0.6) is 11.5 Å². The Morgan fingerprint density at radius 1 is 1.03 bits per heavy atom. The van der Waals surface area contributed by atoms with Crippen molar-refractivity contribution in [2.45, 2.75) is 19.6 Å². The van der Waals surface area contributed by atoms with E-state index in [0.717, 1.165) is 16.7 Å². The van der Waals surface area contributed by atoms with Gasteiger partial charge in [0.15, 0.2) is 17.6 Å². The molecule has 0 fully saturated rings. The van der Waals surface area contributed by atoms with Crippen molar-refractivity contribution >= 4 is 23.7 Å². The average Bonchev–Trinajstić information content (AvgIpc) is 2.80. The number of nitrogens with one attached hydrogen (secondary N) is 1. The summed E-state index contributed by atoms with van der Waals surface area (Å²) < 4.78 is 16.9. The van der Waals surface area contributed by atoms with Gasteiger partial charge >= 0.3 is 0 Å². The average molecular weight is 453 g/mol. The Bertz CT molecular complexity index is 1060. The standard InChI is InChI=1S/C25H25ClN2O4/c1-3-31-23-15-18(12-13-22(23)32-17-19-8-7-11-21(26)14-19)16-27-28-25(29)24(30-2)20-9-5-4-6-10-20/h4-16,24H,3,17H2,1-2H3,(H,28,29)/b27-16-/t24-/m1/s1. The summed E-state index contributed by atoms with van der Waals surface area (Å²) in [4.78, 5) is 12.4. The monoisotopic (exact) mass is 452 g/mol. The van der Waals surface area contributed by atoms with Gasteiger partial charge in [-0.3, -0.25) is 4.79 Å². The topological polar surface area (TPSA) is 69.2 Å². The number of methoxy groups -OCH3 is 1. The fourth-order valence-corrected chi connectivity index (χ4v) is 3.24. The zero-order valence-electron chi connectivity index (χ0n) is 18.0. The number of carbonyl (C=O) groups is 1. The first kappa shape index (κ1) is 23.3. The van der Waals surface area contributed by atoms with Gasteiger partial charge in [0.2, 0.25) is 0 Å². The van der Waals surface area contributed by atoms with Crippen LogP contribution in [0.15, 0.2) is 77.9 Å². The second kappa shape index (κ2) is 11.9. The lowest BCUT2D eigenvalue weighted by atomic mass is 10.1. The summed E-state index contributed by atoms with van der Waals surface area (Å²) in [5, 5.41) is 4.71. The third kappa shape index (κ3) is 6.57. The van der Waals surface area contributed by atoms with Gasteiger partial charge in [-0.15, -0.1) is 0 Å². The molecule has 1 N–H and O–H groups in total. The maximum atomic E-state index is 12.4. The molecule has 32 heavy (non-hydrogen) atoms. The molecular weight excluding hydrogens is 428 g/mol. The quantitative estimate of drug-likeness (QED) is 0.341. The van der Waals surface area contributed by atoms with Gasteiger partial charge in [-0.1, -0.05) is 54.1 Å². The van der Waals surface area contributed by atoms with Crippen molar-refractivity contribution in [3.8, 4) is 11.5 Å². The van der Waals surface area contributed by atoms with E-state index < -0.39 is 6.10 Å². The van der Waals surface area contributed by atoms with Crippen LogP contribution in [-0.2, 0) is 16.1 Å². The molecule has 0 saturated heterocycles. The lowest BCUT2D eigenvalue weighted by Gasteiger charge is -2.14. The largest absolute Gasteiger partial charge is 0.490 e. The molecule has 166 valence electrons. The molecule has 0 heterocycles. The first-order chi connectivity index (χ1) is 15.6. The van der Waals surface area contributed by atoms with Crippen LogP contribution in [-0.4, -0.2) is 25.8 Å². The van der Waals surface area contributed by atoms with Gasteiger partial charge in [0.25, 0.3) is 5.91 Å². The van der Waals surface area contributed by atoms with Crippen molar-refractivity contribution in [1.82, 2.24) is 5.43 Å². The van der Waals surface area contributed by atoms with Crippen molar-refractivity contribution in [2.75, 3.05) is 13.7 Å². The number of nitrogens with zero attached hydrogens (tertiary/aromatic N) is 1. The van der Waals surface area contributed by atoms with E-state index in [1.165, 1.54) is 7.11 Å². The molecule has 0 unspecified atom stereocenters. The normalized spacial score (nSPS) is 11.8. The van der Waals surface area contributed by atoms with Crippen molar-refractivity contribution in [3.05, 3.63) is 94.5 Å². The summed E-state index contributed by atoms with van der Waals surface area (Å²) in [6, 6.07) is 22.2. The number of halogens is 1. The van der Waals surface area contributed by atoms with Gasteiger partial charge in [0.1, 0.15) is 6.61 Å². The molecule has 1 atom stereocenters. The molecule has 3 aromatic rings. The molecule has 3 rings (SSSR count). The number of rotatable bonds is 10. The molecule has 0 aliphatic carbocycles.